The Morgan fingerprint density at radius 3 is 3.00 bits per heavy atom. The van der Waals surface area contributed by atoms with Gasteiger partial charge in [-0.3, -0.25) is 0 Å². The number of nitrogens with zero attached hydrogens (tertiary/aromatic N) is 2. The van der Waals surface area contributed by atoms with Crippen molar-refractivity contribution in [3.8, 4) is 0 Å². The topological polar surface area (TPSA) is 25.8 Å². The second kappa shape index (κ2) is 5.35. The quantitative estimate of drug-likeness (QED) is 0.617. The molecule has 0 atom stereocenters. The van der Waals surface area contributed by atoms with E-state index in [1.54, 1.807) is 6.20 Å². The van der Waals surface area contributed by atoms with Crippen LogP contribution < -0.4 is 0 Å². The van der Waals surface area contributed by atoms with Crippen molar-refractivity contribution < 1.29 is 0 Å². The van der Waals surface area contributed by atoms with E-state index >= 15 is 0 Å². The zero-order valence-corrected chi connectivity index (χ0v) is 9.64. The summed E-state index contributed by atoms with van der Waals surface area (Å²) in [6, 6.07) is 0. The molecule has 0 saturated carbocycles. The molecule has 0 amide bonds. The van der Waals surface area contributed by atoms with E-state index in [4.69, 9.17) is 11.6 Å². The van der Waals surface area contributed by atoms with Gasteiger partial charge in [-0.25, -0.2) is 9.97 Å². The Morgan fingerprint density at radius 2 is 2.38 bits per heavy atom. The predicted molar refractivity (Wildman–Crippen MR) is 59.2 cm³/mol. The Bertz CT molecular complexity index is 312. The summed E-state index contributed by atoms with van der Waals surface area (Å²) in [5.74, 6) is 0. The summed E-state index contributed by atoms with van der Waals surface area (Å²) in [7, 11) is 0. The van der Waals surface area contributed by atoms with E-state index < -0.39 is 0 Å². The van der Waals surface area contributed by atoms with E-state index in [2.05, 4.69) is 32.0 Å². The molecule has 70 valence electrons. The van der Waals surface area contributed by atoms with Gasteiger partial charge in [0.2, 0.25) is 5.28 Å². The van der Waals surface area contributed by atoms with Gasteiger partial charge in [-0.15, -0.1) is 0 Å². The zero-order chi connectivity index (χ0) is 9.68. The molecule has 0 bridgehead atoms. The monoisotopic (exact) mass is 260 g/mol. The summed E-state index contributed by atoms with van der Waals surface area (Å²) in [6.45, 7) is 1.92. The van der Waals surface area contributed by atoms with Gasteiger partial charge in [-0.05, 0) is 24.9 Å². The van der Waals surface area contributed by atoms with Crippen molar-refractivity contribution in [2.75, 3.05) is 5.33 Å². The molecule has 13 heavy (non-hydrogen) atoms. The Kier molecular flexibility index (Phi) is 4.39. The van der Waals surface area contributed by atoms with Crippen LogP contribution in [-0.4, -0.2) is 15.3 Å². The smallest absolute Gasteiger partial charge is 0.222 e. The number of aryl methyl sites for hydroxylation is 1. The van der Waals surface area contributed by atoms with Crippen LogP contribution in [0.25, 0.3) is 6.08 Å². The minimum absolute atomic E-state index is 0.301. The molecular formula is C9H10BrClN2. The van der Waals surface area contributed by atoms with E-state index in [0.29, 0.717) is 5.28 Å². The van der Waals surface area contributed by atoms with Crippen LogP contribution in [0.1, 0.15) is 17.7 Å². The number of hydrogen-bond acceptors (Lipinski definition) is 2. The minimum atomic E-state index is 0.301. The van der Waals surface area contributed by atoms with Gasteiger partial charge in [-0.2, -0.15) is 0 Å². The average molecular weight is 262 g/mol. The molecule has 0 saturated heterocycles. The van der Waals surface area contributed by atoms with Gasteiger partial charge >= 0.3 is 0 Å². The Morgan fingerprint density at radius 1 is 1.62 bits per heavy atom. The standard InChI is InChI=1S/C9H10BrClN2/c1-7-8(4-2-3-5-10)6-12-9(11)13-7/h2,4,6H,3,5H2,1H3. The van der Waals surface area contributed by atoms with Crippen LogP contribution in [0, 0.1) is 6.92 Å². The highest BCUT2D eigenvalue weighted by atomic mass is 79.9. The first-order valence-corrected chi connectivity index (χ1v) is 5.45. The lowest BCUT2D eigenvalue weighted by molar-refractivity contribution is 1.09. The number of rotatable bonds is 3. The molecule has 0 aliphatic heterocycles. The van der Waals surface area contributed by atoms with Crippen molar-refractivity contribution in [3.63, 3.8) is 0 Å². The number of halogens is 2. The van der Waals surface area contributed by atoms with E-state index in [1.165, 1.54) is 0 Å². The molecule has 0 N–H and O–H groups in total. The third-order valence-electron chi connectivity index (χ3n) is 1.56. The first-order chi connectivity index (χ1) is 6.24. The lowest BCUT2D eigenvalue weighted by atomic mass is 10.2. The second-order valence-electron chi connectivity index (χ2n) is 2.56. The van der Waals surface area contributed by atoms with Crippen LogP contribution in [0.4, 0.5) is 0 Å². The van der Waals surface area contributed by atoms with Crippen LogP contribution in [0.2, 0.25) is 5.28 Å². The third-order valence-corrected chi connectivity index (χ3v) is 2.20. The number of hydrogen-bond donors (Lipinski definition) is 0. The number of allylic oxidation sites excluding steroid dienone is 1. The lowest BCUT2D eigenvalue weighted by Crippen LogP contribution is -1.89. The van der Waals surface area contributed by atoms with Crippen LogP contribution in [-0.2, 0) is 0 Å². The maximum atomic E-state index is 5.62. The van der Waals surface area contributed by atoms with Gasteiger partial charge in [0, 0.05) is 22.8 Å². The molecule has 0 aromatic carbocycles. The molecule has 0 aliphatic rings. The van der Waals surface area contributed by atoms with Crippen molar-refractivity contribution in [3.05, 3.63) is 28.8 Å². The Hall–Kier alpha value is -0.410. The molecule has 1 heterocycles. The van der Waals surface area contributed by atoms with Crippen molar-refractivity contribution in [1.82, 2.24) is 9.97 Å². The van der Waals surface area contributed by atoms with Crippen LogP contribution in [0.15, 0.2) is 12.3 Å². The maximum Gasteiger partial charge on any atom is 0.222 e. The molecule has 1 aromatic heterocycles. The summed E-state index contributed by atoms with van der Waals surface area (Å²) < 4.78 is 0. The van der Waals surface area contributed by atoms with E-state index in [-0.39, 0.29) is 0 Å². The molecule has 2 nitrogen and oxygen atoms in total. The summed E-state index contributed by atoms with van der Waals surface area (Å²) >= 11 is 8.97. The highest BCUT2D eigenvalue weighted by Crippen LogP contribution is 2.09. The van der Waals surface area contributed by atoms with Gasteiger partial charge in [0.05, 0.1) is 0 Å². The molecule has 0 radical (unpaired) electrons. The van der Waals surface area contributed by atoms with Gasteiger partial charge < -0.3 is 0 Å². The normalized spacial score (nSPS) is 11.0. The Labute approximate surface area is 91.2 Å². The van der Waals surface area contributed by atoms with Gasteiger partial charge in [0.25, 0.3) is 0 Å². The SMILES string of the molecule is Cc1nc(Cl)ncc1C=CCCBr. The summed E-state index contributed by atoms with van der Waals surface area (Å²) in [6.07, 6.45) is 6.82. The van der Waals surface area contributed by atoms with Crippen LogP contribution in [0.3, 0.4) is 0 Å². The fourth-order valence-electron chi connectivity index (χ4n) is 0.885. The molecule has 4 heteroatoms. The predicted octanol–water partition coefficient (Wildman–Crippen LogP) is 3.24. The average Bonchev–Trinajstić information content (AvgIpc) is 2.09. The zero-order valence-electron chi connectivity index (χ0n) is 7.30. The molecule has 0 spiro atoms. The van der Waals surface area contributed by atoms with Crippen LogP contribution in [0.5, 0.6) is 0 Å². The molecule has 1 aromatic rings. The van der Waals surface area contributed by atoms with E-state index in [1.807, 2.05) is 13.0 Å². The van der Waals surface area contributed by atoms with Crippen molar-refractivity contribution >= 4 is 33.6 Å². The minimum Gasteiger partial charge on any atom is -0.226 e. The summed E-state index contributed by atoms with van der Waals surface area (Å²) in [5.41, 5.74) is 1.93. The van der Waals surface area contributed by atoms with Crippen molar-refractivity contribution in [2.24, 2.45) is 0 Å². The number of alkyl halides is 1. The lowest BCUT2D eigenvalue weighted by Gasteiger charge is -1.97. The molecule has 0 aliphatic carbocycles. The highest BCUT2D eigenvalue weighted by molar-refractivity contribution is 9.09. The first kappa shape index (κ1) is 10.7. The summed E-state index contributed by atoms with van der Waals surface area (Å²) in [4.78, 5) is 7.95. The third kappa shape index (κ3) is 3.44. The van der Waals surface area contributed by atoms with Crippen LogP contribution >= 0.6 is 27.5 Å². The van der Waals surface area contributed by atoms with Gasteiger partial charge in [0.15, 0.2) is 0 Å². The molecule has 0 fully saturated rings. The molecular weight excluding hydrogens is 251 g/mol. The molecule has 1 rings (SSSR count). The Balaban J connectivity index is 2.77. The van der Waals surface area contributed by atoms with Crippen molar-refractivity contribution in [1.29, 1.82) is 0 Å². The van der Waals surface area contributed by atoms with Gasteiger partial charge in [-0.1, -0.05) is 28.1 Å². The fourth-order valence-corrected chi connectivity index (χ4v) is 1.32. The van der Waals surface area contributed by atoms with Gasteiger partial charge in [0.1, 0.15) is 0 Å². The molecule has 0 unspecified atom stereocenters. The van der Waals surface area contributed by atoms with E-state index in [0.717, 1.165) is 23.0 Å². The van der Waals surface area contributed by atoms with E-state index in [9.17, 15) is 0 Å². The second-order valence-corrected chi connectivity index (χ2v) is 3.69. The maximum absolute atomic E-state index is 5.62. The largest absolute Gasteiger partial charge is 0.226 e. The number of aromatic nitrogens is 2. The van der Waals surface area contributed by atoms with Crippen molar-refractivity contribution in [2.45, 2.75) is 13.3 Å². The highest BCUT2D eigenvalue weighted by Gasteiger charge is 1.96. The first-order valence-electron chi connectivity index (χ1n) is 3.95. The fraction of sp³-hybridized carbons (Fsp3) is 0.333. The summed E-state index contributed by atoms with van der Waals surface area (Å²) in [5, 5.41) is 1.27.